The summed E-state index contributed by atoms with van der Waals surface area (Å²) in [5.74, 6) is 0. The number of sulfonamides is 1. The molecule has 0 saturated carbocycles. The molecule has 5 heteroatoms. The SMILES string of the molecule is CCCCCN1CCCC12CCN(S(=O)(=O)c1ccccc1)C2. The average molecular weight is 337 g/mol. The molecule has 0 aromatic heterocycles. The monoisotopic (exact) mass is 336 g/mol. The molecular weight excluding hydrogens is 308 g/mol. The fourth-order valence-electron chi connectivity index (χ4n) is 4.12. The fourth-order valence-corrected chi connectivity index (χ4v) is 5.67. The summed E-state index contributed by atoms with van der Waals surface area (Å²) in [7, 11) is -3.34. The topological polar surface area (TPSA) is 40.6 Å². The molecule has 0 radical (unpaired) electrons. The molecule has 0 aliphatic carbocycles. The highest BCUT2D eigenvalue weighted by Crippen LogP contribution is 2.39. The van der Waals surface area contributed by atoms with Crippen LogP contribution < -0.4 is 0 Å². The Bertz CT molecular complexity index is 617. The normalized spacial score (nSPS) is 26.3. The Morgan fingerprint density at radius 2 is 1.87 bits per heavy atom. The highest BCUT2D eigenvalue weighted by molar-refractivity contribution is 7.89. The number of likely N-dealkylation sites (tertiary alicyclic amines) is 1. The first kappa shape index (κ1) is 16.9. The lowest BCUT2D eigenvalue weighted by atomic mass is 9.95. The molecule has 2 aliphatic rings. The summed E-state index contributed by atoms with van der Waals surface area (Å²) in [5.41, 5.74) is 0.0928. The summed E-state index contributed by atoms with van der Waals surface area (Å²) in [6, 6.07) is 8.86. The van der Waals surface area contributed by atoms with Crippen molar-refractivity contribution in [3.05, 3.63) is 30.3 Å². The number of unbranched alkanes of at least 4 members (excludes halogenated alkanes) is 2. The van der Waals surface area contributed by atoms with E-state index in [2.05, 4.69) is 11.8 Å². The Labute approximate surface area is 140 Å². The van der Waals surface area contributed by atoms with E-state index in [0.717, 1.165) is 25.9 Å². The van der Waals surface area contributed by atoms with Crippen LogP contribution in [0.15, 0.2) is 35.2 Å². The van der Waals surface area contributed by atoms with Gasteiger partial charge in [0.25, 0.3) is 0 Å². The molecule has 1 aromatic rings. The standard InChI is InChI=1S/C18H28N2O2S/c1-2-3-7-13-19-14-8-11-18(19)12-15-20(16-18)23(21,22)17-9-5-4-6-10-17/h4-6,9-10H,2-3,7-8,11-16H2,1H3. The van der Waals surface area contributed by atoms with Gasteiger partial charge in [-0.1, -0.05) is 38.0 Å². The third kappa shape index (κ3) is 3.32. The van der Waals surface area contributed by atoms with Crippen LogP contribution in [-0.4, -0.2) is 49.3 Å². The van der Waals surface area contributed by atoms with Gasteiger partial charge in [0.2, 0.25) is 10.0 Å². The van der Waals surface area contributed by atoms with Crippen molar-refractivity contribution in [2.45, 2.75) is 55.9 Å². The molecule has 3 rings (SSSR count). The van der Waals surface area contributed by atoms with Gasteiger partial charge in [0.15, 0.2) is 0 Å². The molecular formula is C18H28N2O2S. The predicted octanol–water partition coefficient (Wildman–Crippen LogP) is 3.11. The maximum absolute atomic E-state index is 12.8. The van der Waals surface area contributed by atoms with E-state index >= 15 is 0 Å². The summed E-state index contributed by atoms with van der Waals surface area (Å²) >= 11 is 0. The second kappa shape index (κ2) is 6.91. The molecule has 0 bridgehead atoms. The zero-order chi connectivity index (χ0) is 16.3. The number of rotatable bonds is 6. The molecule has 1 atom stereocenters. The van der Waals surface area contributed by atoms with E-state index < -0.39 is 10.0 Å². The zero-order valence-electron chi connectivity index (χ0n) is 14.1. The fraction of sp³-hybridized carbons (Fsp3) is 0.667. The molecule has 2 fully saturated rings. The van der Waals surface area contributed by atoms with Crippen molar-refractivity contribution < 1.29 is 8.42 Å². The Kier molecular flexibility index (Phi) is 5.09. The highest BCUT2D eigenvalue weighted by Gasteiger charge is 2.48. The van der Waals surface area contributed by atoms with Gasteiger partial charge in [0, 0.05) is 18.6 Å². The smallest absolute Gasteiger partial charge is 0.243 e. The highest BCUT2D eigenvalue weighted by atomic mass is 32.2. The van der Waals surface area contributed by atoms with Gasteiger partial charge in [-0.2, -0.15) is 4.31 Å². The lowest BCUT2D eigenvalue weighted by Crippen LogP contribution is -2.47. The van der Waals surface area contributed by atoms with Crippen LogP contribution in [0.2, 0.25) is 0 Å². The van der Waals surface area contributed by atoms with Crippen LogP contribution >= 0.6 is 0 Å². The van der Waals surface area contributed by atoms with E-state index in [1.807, 2.05) is 6.07 Å². The maximum Gasteiger partial charge on any atom is 0.243 e. The molecule has 4 nitrogen and oxygen atoms in total. The average Bonchev–Trinajstić information content (AvgIpc) is 3.17. The summed E-state index contributed by atoms with van der Waals surface area (Å²) in [5, 5.41) is 0. The van der Waals surface area contributed by atoms with Crippen LogP contribution in [0.25, 0.3) is 0 Å². The summed E-state index contributed by atoms with van der Waals surface area (Å²) in [4.78, 5) is 3.00. The van der Waals surface area contributed by atoms with Crippen molar-refractivity contribution in [3.63, 3.8) is 0 Å². The van der Waals surface area contributed by atoms with Gasteiger partial charge in [-0.05, 0) is 50.9 Å². The van der Waals surface area contributed by atoms with E-state index in [0.29, 0.717) is 18.0 Å². The molecule has 1 unspecified atom stereocenters. The minimum atomic E-state index is -3.34. The van der Waals surface area contributed by atoms with Gasteiger partial charge in [-0.25, -0.2) is 8.42 Å². The molecule has 128 valence electrons. The van der Waals surface area contributed by atoms with Gasteiger partial charge in [0.1, 0.15) is 0 Å². The van der Waals surface area contributed by atoms with E-state index in [-0.39, 0.29) is 5.54 Å². The molecule has 2 heterocycles. The van der Waals surface area contributed by atoms with Crippen molar-refractivity contribution in [2.75, 3.05) is 26.2 Å². The first-order valence-electron chi connectivity index (χ1n) is 8.89. The molecule has 23 heavy (non-hydrogen) atoms. The Balaban J connectivity index is 1.72. The van der Waals surface area contributed by atoms with Crippen molar-refractivity contribution in [2.24, 2.45) is 0 Å². The van der Waals surface area contributed by atoms with Crippen molar-refractivity contribution in [3.8, 4) is 0 Å². The van der Waals surface area contributed by atoms with E-state index in [4.69, 9.17) is 0 Å². The molecule has 1 aromatic carbocycles. The van der Waals surface area contributed by atoms with Crippen molar-refractivity contribution in [1.29, 1.82) is 0 Å². The summed E-state index contributed by atoms with van der Waals surface area (Å²) in [6.07, 6.45) is 7.04. The number of hydrogen-bond acceptors (Lipinski definition) is 3. The third-order valence-corrected chi connectivity index (χ3v) is 7.31. The first-order valence-corrected chi connectivity index (χ1v) is 10.3. The minimum absolute atomic E-state index is 0.0928. The van der Waals surface area contributed by atoms with Gasteiger partial charge in [0.05, 0.1) is 4.90 Å². The van der Waals surface area contributed by atoms with Gasteiger partial charge >= 0.3 is 0 Å². The van der Waals surface area contributed by atoms with Crippen LogP contribution in [0.3, 0.4) is 0 Å². The van der Waals surface area contributed by atoms with Gasteiger partial charge in [-0.3, -0.25) is 4.90 Å². The van der Waals surface area contributed by atoms with Gasteiger partial charge < -0.3 is 0 Å². The molecule has 0 amide bonds. The van der Waals surface area contributed by atoms with Crippen molar-refractivity contribution in [1.82, 2.24) is 9.21 Å². The molecule has 2 aliphatic heterocycles. The summed E-state index contributed by atoms with van der Waals surface area (Å²) in [6.45, 7) is 5.79. The Morgan fingerprint density at radius 3 is 2.61 bits per heavy atom. The summed E-state index contributed by atoms with van der Waals surface area (Å²) < 4.78 is 27.4. The zero-order valence-corrected chi connectivity index (χ0v) is 14.9. The van der Waals surface area contributed by atoms with E-state index in [1.165, 1.54) is 25.7 Å². The van der Waals surface area contributed by atoms with Crippen LogP contribution in [0.1, 0.15) is 45.4 Å². The number of benzene rings is 1. The molecule has 2 saturated heterocycles. The third-order valence-electron chi connectivity index (χ3n) is 5.45. The second-order valence-corrected chi connectivity index (χ2v) is 8.86. The maximum atomic E-state index is 12.8. The minimum Gasteiger partial charge on any atom is -0.296 e. The van der Waals surface area contributed by atoms with E-state index in [1.54, 1.807) is 28.6 Å². The Hall–Kier alpha value is -0.910. The molecule has 1 spiro atoms. The lowest BCUT2D eigenvalue weighted by Gasteiger charge is -2.35. The first-order chi connectivity index (χ1) is 11.1. The van der Waals surface area contributed by atoms with Crippen molar-refractivity contribution >= 4 is 10.0 Å². The van der Waals surface area contributed by atoms with Crippen LogP contribution in [-0.2, 0) is 10.0 Å². The largest absolute Gasteiger partial charge is 0.296 e. The molecule has 0 N–H and O–H groups in total. The quantitative estimate of drug-likeness (QED) is 0.750. The van der Waals surface area contributed by atoms with Crippen LogP contribution in [0.4, 0.5) is 0 Å². The lowest BCUT2D eigenvalue weighted by molar-refractivity contribution is 0.147. The number of nitrogens with zero attached hydrogens (tertiary/aromatic N) is 2. The van der Waals surface area contributed by atoms with Crippen LogP contribution in [0.5, 0.6) is 0 Å². The van der Waals surface area contributed by atoms with E-state index in [9.17, 15) is 8.42 Å². The van der Waals surface area contributed by atoms with Gasteiger partial charge in [-0.15, -0.1) is 0 Å². The second-order valence-electron chi connectivity index (χ2n) is 6.92. The van der Waals surface area contributed by atoms with Crippen LogP contribution in [0, 0.1) is 0 Å². The number of hydrogen-bond donors (Lipinski definition) is 0. The Morgan fingerprint density at radius 1 is 1.09 bits per heavy atom. The predicted molar refractivity (Wildman–Crippen MR) is 92.9 cm³/mol.